The lowest BCUT2D eigenvalue weighted by Crippen LogP contribution is -2.19. The van der Waals surface area contributed by atoms with Gasteiger partial charge in [0.05, 0.1) is 6.54 Å². The number of tetrazole rings is 1. The Hall–Kier alpha value is -3.46. The van der Waals surface area contributed by atoms with Crippen molar-refractivity contribution in [1.82, 2.24) is 30.4 Å². The molecule has 0 spiro atoms. The molecule has 34 heavy (non-hydrogen) atoms. The maximum atomic E-state index is 12.3. The van der Waals surface area contributed by atoms with Crippen molar-refractivity contribution in [2.45, 2.75) is 58.9 Å². The zero-order valence-electron chi connectivity index (χ0n) is 19.6. The molecule has 0 radical (unpaired) electrons. The van der Waals surface area contributed by atoms with Crippen LogP contribution in [0.4, 0.5) is 0 Å². The van der Waals surface area contributed by atoms with Crippen molar-refractivity contribution < 1.29 is 4.79 Å². The van der Waals surface area contributed by atoms with E-state index in [0.717, 1.165) is 59.4 Å². The van der Waals surface area contributed by atoms with Crippen molar-refractivity contribution in [2.75, 3.05) is 0 Å². The smallest absolute Gasteiger partial charge is 0.248 e. The molecule has 2 heterocycles. The van der Waals surface area contributed by atoms with E-state index < -0.39 is 0 Å². The Balaban J connectivity index is 1.59. The number of carbonyl (C=O) groups is 1. The lowest BCUT2D eigenvalue weighted by molar-refractivity contribution is -0.118. The van der Waals surface area contributed by atoms with Crippen molar-refractivity contribution in [3.63, 3.8) is 0 Å². The van der Waals surface area contributed by atoms with E-state index in [1.165, 1.54) is 11.3 Å². The Morgan fingerprint density at radius 2 is 1.79 bits per heavy atom. The van der Waals surface area contributed by atoms with Crippen molar-refractivity contribution in [3.8, 4) is 22.5 Å². The molecule has 176 valence electrons. The van der Waals surface area contributed by atoms with E-state index >= 15 is 0 Å². The minimum Gasteiger partial charge on any atom is -0.273 e. The highest BCUT2D eigenvalue weighted by molar-refractivity contribution is 7.08. The molecule has 0 unspecified atom stereocenters. The van der Waals surface area contributed by atoms with Gasteiger partial charge in [-0.05, 0) is 34.7 Å². The number of hydrogen-bond acceptors (Lipinski definition) is 6. The second-order valence-corrected chi connectivity index (χ2v) is 9.17. The molecule has 0 aliphatic heterocycles. The molecular formula is C25H29N7OS. The van der Waals surface area contributed by atoms with Crippen LogP contribution in [0, 0.1) is 0 Å². The number of aromatic nitrogens is 6. The number of aryl methyl sites for hydroxylation is 1. The van der Waals surface area contributed by atoms with Crippen LogP contribution in [0.3, 0.4) is 0 Å². The van der Waals surface area contributed by atoms with E-state index in [9.17, 15) is 4.79 Å². The molecule has 9 heteroatoms. The van der Waals surface area contributed by atoms with E-state index in [2.05, 4.69) is 69.8 Å². The largest absolute Gasteiger partial charge is 0.273 e. The summed E-state index contributed by atoms with van der Waals surface area (Å²) in [7, 11) is 0. The van der Waals surface area contributed by atoms with Gasteiger partial charge in [0.25, 0.3) is 0 Å². The van der Waals surface area contributed by atoms with E-state index in [-0.39, 0.29) is 5.91 Å². The van der Waals surface area contributed by atoms with Crippen LogP contribution in [0.2, 0.25) is 0 Å². The topological polar surface area (TPSA) is 102 Å². The summed E-state index contributed by atoms with van der Waals surface area (Å²) in [5.74, 6) is 0.492. The fraction of sp³-hybridized carbons (Fsp3) is 0.360. The van der Waals surface area contributed by atoms with Crippen LogP contribution in [0.25, 0.3) is 22.5 Å². The van der Waals surface area contributed by atoms with Crippen molar-refractivity contribution in [1.29, 1.82) is 0 Å². The summed E-state index contributed by atoms with van der Waals surface area (Å²) < 4.78 is 1.86. The van der Waals surface area contributed by atoms with Crippen molar-refractivity contribution in [3.05, 3.63) is 63.9 Å². The van der Waals surface area contributed by atoms with Crippen LogP contribution >= 0.6 is 11.3 Å². The average Bonchev–Trinajstić information content (AvgIpc) is 3.52. The Morgan fingerprint density at radius 3 is 2.50 bits per heavy atom. The second-order valence-electron chi connectivity index (χ2n) is 8.13. The minimum absolute atomic E-state index is 0.0743. The molecule has 1 N–H and O–H groups in total. The molecule has 4 rings (SSSR count). The zero-order valence-corrected chi connectivity index (χ0v) is 20.4. The van der Waals surface area contributed by atoms with E-state index in [1.807, 2.05) is 22.9 Å². The van der Waals surface area contributed by atoms with Gasteiger partial charge in [0.2, 0.25) is 16.5 Å². The molecule has 0 bridgehead atoms. The fourth-order valence-electron chi connectivity index (χ4n) is 3.63. The third-order valence-electron chi connectivity index (χ3n) is 5.48. The Kier molecular flexibility index (Phi) is 8.08. The number of H-pyrrole nitrogens is 1. The van der Waals surface area contributed by atoms with Gasteiger partial charge in [0.15, 0.2) is 0 Å². The first-order valence-electron chi connectivity index (χ1n) is 11.7. The molecule has 0 fully saturated rings. The first-order chi connectivity index (χ1) is 16.7. The molecule has 0 saturated carbocycles. The number of rotatable bonds is 10. The lowest BCUT2D eigenvalue weighted by atomic mass is 9.98. The minimum atomic E-state index is -0.0743. The van der Waals surface area contributed by atoms with Gasteiger partial charge in [0, 0.05) is 18.4 Å². The number of aromatic amines is 1. The van der Waals surface area contributed by atoms with Crippen molar-refractivity contribution in [2.24, 2.45) is 4.99 Å². The van der Waals surface area contributed by atoms with E-state index in [0.29, 0.717) is 23.6 Å². The Labute approximate surface area is 202 Å². The highest BCUT2D eigenvalue weighted by Gasteiger charge is 2.12. The molecule has 4 aromatic rings. The number of nitrogens with one attached hydrogen (secondary N) is 1. The number of amides is 1. The van der Waals surface area contributed by atoms with Gasteiger partial charge in [-0.25, -0.2) is 4.68 Å². The predicted octanol–water partition coefficient (Wildman–Crippen LogP) is 4.80. The fourth-order valence-corrected chi connectivity index (χ4v) is 4.58. The van der Waals surface area contributed by atoms with Crippen LogP contribution in [-0.2, 0) is 17.8 Å². The van der Waals surface area contributed by atoms with Gasteiger partial charge in [-0.15, -0.1) is 10.2 Å². The van der Waals surface area contributed by atoms with Gasteiger partial charge >= 0.3 is 0 Å². The van der Waals surface area contributed by atoms with Gasteiger partial charge in [-0.3, -0.25) is 4.79 Å². The highest BCUT2D eigenvalue weighted by Crippen LogP contribution is 2.29. The Morgan fingerprint density at radius 1 is 1.03 bits per heavy atom. The number of benzene rings is 2. The monoisotopic (exact) mass is 475 g/mol. The predicted molar refractivity (Wildman–Crippen MR) is 133 cm³/mol. The number of hydrogen-bond donors (Lipinski definition) is 1. The number of unbranched alkanes of at least 4 members (excludes halogenated alkanes) is 2. The third kappa shape index (κ3) is 5.91. The van der Waals surface area contributed by atoms with Gasteiger partial charge in [-0.1, -0.05) is 86.6 Å². The number of carbonyl (C=O) groups excluding carboxylic acids is 1. The molecule has 8 nitrogen and oxygen atoms in total. The quantitative estimate of drug-likeness (QED) is 0.355. The van der Waals surface area contributed by atoms with E-state index in [1.54, 1.807) is 0 Å². The Bertz CT molecular complexity index is 1270. The maximum absolute atomic E-state index is 12.3. The molecule has 2 aromatic carbocycles. The summed E-state index contributed by atoms with van der Waals surface area (Å²) in [5, 5.41) is 20.2. The molecule has 0 aliphatic rings. The molecule has 1 amide bonds. The summed E-state index contributed by atoms with van der Waals surface area (Å²) in [6.07, 6.45) is 5.41. The normalized spacial score (nSPS) is 11.8. The average molecular weight is 476 g/mol. The number of nitrogens with zero attached hydrogens (tertiary/aromatic N) is 6. The maximum Gasteiger partial charge on any atom is 0.248 e. The molecule has 2 aromatic heterocycles. The summed E-state index contributed by atoms with van der Waals surface area (Å²) in [5.41, 5.74) is 4.12. The summed E-state index contributed by atoms with van der Waals surface area (Å²) >= 11 is 1.52. The lowest BCUT2D eigenvalue weighted by Gasteiger charge is -2.08. The van der Waals surface area contributed by atoms with Gasteiger partial charge < -0.3 is 0 Å². The first-order valence-corrected chi connectivity index (χ1v) is 12.6. The summed E-state index contributed by atoms with van der Waals surface area (Å²) in [6, 6.07) is 16.3. The third-order valence-corrected chi connectivity index (χ3v) is 6.49. The molecular weight excluding hydrogens is 446 g/mol. The summed E-state index contributed by atoms with van der Waals surface area (Å²) in [6.45, 7) is 4.81. The van der Waals surface area contributed by atoms with Crippen LogP contribution in [0.1, 0.15) is 56.5 Å². The van der Waals surface area contributed by atoms with Crippen LogP contribution < -0.4 is 4.80 Å². The summed E-state index contributed by atoms with van der Waals surface area (Å²) in [4.78, 5) is 17.4. The molecule has 0 aliphatic carbocycles. The van der Waals surface area contributed by atoms with Gasteiger partial charge in [0.1, 0.15) is 5.01 Å². The zero-order chi connectivity index (χ0) is 23.8. The first kappa shape index (κ1) is 23.7. The SMILES string of the molecule is CCCCC(=O)N=c1sc(CCCC)nn1Cc1ccc(-c2ccccc2-c2nn[nH]n2)cc1. The van der Waals surface area contributed by atoms with Crippen LogP contribution in [-0.4, -0.2) is 36.3 Å². The highest BCUT2D eigenvalue weighted by atomic mass is 32.1. The molecule has 0 saturated heterocycles. The van der Waals surface area contributed by atoms with Crippen LogP contribution in [0.15, 0.2) is 53.5 Å². The van der Waals surface area contributed by atoms with Gasteiger partial charge in [-0.2, -0.15) is 15.3 Å². The second kappa shape index (κ2) is 11.6. The molecule has 0 atom stereocenters. The standard InChI is InChI=1S/C25H29N7OS/c1-3-5-11-22(33)26-25-32(29-23(34-25)12-6-4-2)17-18-13-15-19(16-14-18)20-9-7-8-10-21(20)24-27-30-31-28-24/h7-10,13-16H,3-6,11-12,17H2,1-2H3,(H,27,28,30,31). The van der Waals surface area contributed by atoms with Crippen LogP contribution in [0.5, 0.6) is 0 Å². The van der Waals surface area contributed by atoms with Crippen molar-refractivity contribution >= 4 is 17.2 Å². The van der Waals surface area contributed by atoms with E-state index in [4.69, 9.17) is 5.10 Å².